The number of methoxy groups -OCH3 is 1. The smallest absolute Gasteiger partial charge is 0.323 e. The molecule has 1 saturated carbocycles. The van der Waals surface area contributed by atoms with Gasteiger partial charge in [0.1, 0.15) is 0 Å². The Labute approximate surface area is 200 Å². The number of thiazole rings is 1. The van der Waals surface area contributed by atoms with Crippen LogP contribution in [0.5, 0.6) is 0 Å². The van der Waals surface area contributed by atoms with Gasteiger partial charge in [-0.05, 0) is 55.5 Å². The van der Waals surface area contributed by atoms with Crippen LogP contribution in [-0.2, 0) is 9.53 Å². The van der Waals surface area contributed by atoms with Crippen LogP contribution in [0.3, 0.4) is 0 Å². The third kappa shape index (κ3) is 5.51. The Balaban J connectivity index is 1.35. The number of anilines is 2. The Morgan fingerprint density at radius 2 is 1.82 bits per heavy atom. The van der Waals surface area contributed by atoms with Crippen LogP contribution in [0.2, 0.25) is 5.02 Å². The fraction of sp³-hybridized carbons (Fsp3) is 0.292. The lowest BCUT2D eigenvalue weighted by molar-refractivity contribution is -0.146. The molecule has 33 heavy (non-hydrogen) atoms. The lowest BCUT2D eigenvalue weighted by Crippen LogP contribution is -2.22. The molecule has 2 N–H and O–H groups in total. The second-order valence-electron chi connectivity index (χ2n) is 7.89. The molecule has 6 nitrogen and oxygen atoms in total. The van der Waals surface area contributed by atoms with Crippen LogP contribution < -0.4 is 10.6 Å². The lowest BCUT2D eigenvalue weighted by Gasteiger charge is -2.25. The molecule has 172 valence electrons. The number of carbonyl (C=O) groups is 2. The first-order valence-electron chi connectivity index (χ1n) is 10.6. The molecule has 9 heteroatoms. The molecule has 0 aliphatic heterocycles. The maximum Gasteiger partial charge on any atom is 0.323 e. The predicted molar refractivity (Wildman–Crippen MR) is 128 cm³/mol. The summed E-state index contributed by atoms with van der Waals surface area (Å²) < 4.78 is 18.8. The van der Waals surface area contributed by atoms with Gasteiger partial charge >= 0.3 is 12.0 Å². The standard InChI is InChI=1S/C24H23ClFN3O3S/c1-32-23(30)16-7-5-15(6-8-16)22-27-13-20(33-22)14-9-11-17(12-10-14)28-24(31)29-19-4-2-3-18(25)21(19)26/h2-4,9-13,15-16H,5-8H2,1H3,(H2,28,29,31). The Bertz CT molecular complexity index is 1140. The number of urea groups is 1. The summed E-state index contributed by atoms with van der Waals surface area (Å²) in [5.41, 5.74) is 1.58. The van der Waals surface area contributed by atoms with Crippen molar-refractivity contribution in [3.8, 4) is 10.4 Å². The number of nitrogens with zero attached hydrogens (tertiary/aromatic N) is 1. The molecule has 1 aromatic heterocycles. The van der Waals surface area contributed by atoms with Gasteiger partial charge in [0.25, 0.3) is 0 Å². The first-order chi connectivity index (χ1) is 15.9. The zero-order chi connectivity index (χ0) is 23.4. The Hall–Kier alpha value is -2.97. The number of esters is 1. The van der Waals surface area contributed by atoms with Gasteiger partial charge in [0.15, 0.2) is 5.82 Å². The highest BCUT2D eigenvalue weighted by atomic mass is 35.5. The van der Waals surface area contributed by atoms with Crippen LogP contribution in [0.25, 0.3) is 10.4 Å². The van der Waals surface area contributed by atoms with Crippen molar-refractivity contribution < 1.29 is 18.7 Å². The first kappa shape index (κ1) is 23.2. The quantitative estimate of drug-likeness (QED) is 0.393. The van der Waals surface area contributed by atoms with Crippen molar-refractivity contribution in [2.75, 3.05) is 17.7 Å². The molecule has 1 aliphatic carbocycles. The maximum atomic E-state index is 13.9. The number of benzene rings is 2. The summed E-state index contributed by atoms with van der Waals surface area (Å²) in [6, 6.07) is 11.2. The molecule has 0 saturated heterocycles. The number of hydrogen-bond acceptors (Lipinski definition) is 5. The van der Waals surface area contributed by atoms with Crippen molar-refractivity contribution >= 4 is 46.3 Å². The molecule has 0 unspecified atom stereocenters. The van der Waals surface area contributed by atoms with Crippen LogP contribution >= 0.6 is 22.9 Å². The molecule has 0 bridgehead atoms. The van der Waals surface area contributed by atoms with Gasteiger partial charge in [-0.3, -0.25) is 4.79 Å². The average Bonchev–Trinajstić information content (AvgIpc) is 3.32. The second kappa shape index (κ2) is 10.3. The summed E-state index contributed by atoms with van der Waals surface area (Å²) >= 11 is 7.39. The van der Waals surface area contributed by atoms with Crippen molar-refractivity contribution in [2.45, 2.75) is 31.6 Å². The van der Waals surface area contributed by atoms with Gasteiger partial charge in [0.05, 0.1) is 33.6 Å². The van der Waals surface area contributed by atoms with Crippen LogP contribution in [0.15, 0.2) is 48.7 Å². The monoisotopic (exact) mass is 487 g/mol. The third-order valence-corrected chi connectivity index (χ3v) is 7.26. The van der Waals surface area contributed by atoms with E-state index >= 15 is 0 Å². The highest BCUT2D eigenvalue weighted by molar-refractivity contribution is 7.15. The Kier molecular flexibility index (Phi) is 7.25. The molecule has 1 heterocycles. The van der Waals surface area contributed by atoms with Gasteiger partial charge in [-0.25, -0.2) is 14.2 Å². The molecule has 1 aliphatic rings. The van der Waals surface area contributed by atoms with E-state index in [-0.39, 0.29) is 22.6 Å². The van der Waals surface area contributed by atoms with Crippen LogP contribution in [-0.4, -0.2) is 24.1 Å². The van der Waals surface area contributed by atoms with Gasteiger partial charge in [0, 0.05) is 17.8 Å². The minimum atomic E-state index is -0.676. The normalized spacial score (nSPS) is 17.9. The minimum Gasteiger partial charge on any atom is -0.469 e. The van der Waals surface area contributed by atoms with E-state index in [1.165, 1.54) is 19.2 Å². The van der Waals surface area contributed by atoms with E-state index in [1.54, 1.807) is 29.5 Å². The van der Waals surface area contributed by atoms with E-state index in [4.69, 9.17) is 16.3 Å². The zero-order valence-electron chi connectivity index (χ0n) is 17.9. The number of ether oxygens (including phenoxy) is 1. The lowest BCUT2D eigenvalue weighted by atomic mass is 9.82. The number of aromatic nitrogens is 1. The topological polar surface area (TPSA) is 80.3 Å². The number of nitrogens with one attached hydrogen (secondary N) is 2. The third-order valence-electron chi connectivity index (χ3n) is 5.76. The summed E-state index contributed by atoms with van der Waals surface area (Å²) in [4.78, 5) is 29.6. The van der Waals surface area contributed by atoms with Gasteiger partial charge in [-0.1, -0.05) is 29.8 Å². The summed E-state index contributed by atoms with van der Waals surface area (Å²) in [6.45, 7) is 0. The van der Waals surface area contributed by atoms with Crippen molar-refractivity contribution in [3.63, 3.8) is 0 Å². The summed E-state index contributed by atoms with van der Waals surface area (Å²) in [7, 11) is 1.44. The molecule has 1 fully saturated rings. The van der Waals surface area contributed by atoms with E-state index in [2.05, 4.69) is 15.6 Å². The van der Waals surface area contributed by atoms with Crippen LogP contribution in [0.1, 0.15) is 36.6 Å². The SMILES string of the molecule is COC(=O)C1CCC(c2ncc(-c3ccc(NC(=O)Nc4cccc(Cl)c4F)cc3)s2)CC1. The van der Waals surface area contributed by atoms with Gasteiger partial charge in [0.2, 0.25) is 0 Å². The predicted octanol–water partition coefficient (Wildman–Crippen LogP) is 6.69. The molecule has 2 amide bonds. The number of carbonyl (C=O) groups excluding carboxylic acids is 2. The maximum absolute atomic E-state index is 13.9. The van der Waals surface area contributed by atoms with Crippen molar-refractivity contribution in [3.05, 3.63) is 64.5 Å². The molecule has 3 aromatic rings. The van der Waals surface area contributed by atoms with Gasteiger partial charge < -0.3 is 15.4 Å². The van der Waals surface area contributed by atoms with Crippen LogP contribution in [0, 0.1) is 11.7 Å². The first-order valence-corrected chi connectivity index (χ1v) is 11.8. The minimum absolute atomic E-state index is 0.00158. The largest absolute Gasteiger partial charge is 0.469 e. The number of rotatable bonds is 5. The fourth-order valence-electron chi connectivity index (χ4n) is 3.96. The fourth-order valence-corrected chi connectivity index (χ4v) is 5.22. The van der Waals surface area contributed by atoms with Crippen LogP contribution in [0.4, 0.5) is 20.6 Å². The van der Waals surface area contributed by atoms with E-state index in [9.17, 15) is 14.0 Å². The van der Waals surface area contributed by atoms with E-state index in [0.29, 0.717) is 11.6 Å². The molecular weight excluding hydrogens is 465 g/mol. The number of hydrogen-bond donors (Lipinski definition) is 2. The van der Waals surface area contributed by atoms with Gasteiger partial charge in [-0.15, -0.1) is 11.3 Å². The summed E-state index contributed by atoms with van der Waals surface area (Å²) in [6.07, 6.45) is 5.38. The number of halogens is 2. The van der Waals surface area contributed by atoms with E-state index < -0.39 is 11.8 Å². The second-order valence-corrected chi connectivity index (χ2v) is 9.36. The average molecular weight is 488 g/mol. The molecule has 0 spiro atoms. The van der Waals surface area contributed by atoms with Gasteiger partial charge in [-0.2, -0.15) is 0 Å². The Morgan fingerprint density at radius 1 is 1.09 bits per heavy atom. The van der Waals surface area contributed by atoms with Crippen molar-refractivity contribution in [1.82, 2.24) is 4.98 Å². The summed E-state index contributed by atoms with van der Waals surface area (Å²) in [5, 5.41) is 6.16. The molecular formula is C24H23ClFN3O3S. The van der Waals surface area contributed by atoms with E-state index in [0.717, 1.165) is 41.1 Å². The van der Waals surface area contributed by atoms with E-state index in [1.807, 2.05) is 18.3 Å². The number of amides is 2. The highest BCUT2D eigenvalue weighted by Crippen LogP contribution is 2.39. The molecule has 2 aromatic carbocycles. The molecule has 4 rings (SSSR count). The molecule has 0 radical (unpaired) electrons. The highest BCUT2D eigenvalue weighted by Gasteiger charge is 2.29. The molecule has 0 atom stereocenters. The summed E-state index contributed by atoms with van der Waals surface area (Å²) in [5.74, 6) is -0.433. The van der Waals surface area contributed by atoms with Crippen molar-refractivity contribution in [2.24, 2.45) is 5.92 Å². The Morgan fingerprint density at radius 3 is 2.52 bits per heavy atom. The van der Waals surface area contributed by atoms with Crippen molar-refractivity contribution in [1.29, 1.82) is 0 Å². The zero-order valence-corrected chi connectivity index (χ0v) is 19.5.